The molecule has 0 amide bonds. The fourth-order valence-electron chi connectivity index (χ4n) is 5.89. The predicted octanol–water partition coefficient (Wildman–Crippen LogP) is 8.69. The van der Waals surface area contributed by atoms with Crippen LogP contribution in [0.15, 0.2) is 105 Å². The fraction of sp³-hybridized carbons (Fsp3) is 0.159. The number of hydrogen-bond acceptors (Lipinski definition) is 5. The average molecular weight is 644 g/mol. The highest BCUT2D eigenvalue weighted by Crippen LogP contribution is 2.32. The first-order chi connectivity index (χ1) is 23.7. The second-order valence-electron chi connectivity index (χ2n) is 12.2. The summed E-state index contributed by atoms with van der Waals surface area (Å²) in [6, 6.07) is 22.5. The summed E-state index contributed by atoms with van der Waals surface area (Å²) in [6.45, 7) is 21.1. The van der Waals surface area contributed by atoms with E-state index in [-0.39, 0.29) is 0 Å². The van der Waals surface area contributed by atoms with Crippen molar-refractivity contribution in [1.82, 2.24) is 15.0 Å². The zero-order valence-corrected chi connectivity index (χ0v) is 29.1. The molecule has 244 valence electrons. The summed E-state index contributed by atoms with van der Waals surface area (Å²) in [4.78, 5) is 15.0. The summed E-state index contributed by atoms with van der Waals surface area (Å²) in [6.07, 6.45) is 12.8. The highest BCUT2D eigenvalue weighted by atomic mass is 16.3. The Kier molecular flexibility index (Phi) is 9.54. The Labute approximate surface area is 287 Å². The molecule has 49 heavy (non-hydrogen) atoms. The molecule has 0 aliphatic carbocycles. The van der Waals surface area contributed by atoms with E-state index in [1.54, 1.807) is 0 Å². The van der Waals surface area contributed by atoms with Crippen molar-refractivity contribution in [2.24, 2.45) is 0 Å². The maximum atomic E-state index is 6.47. The van der Waals surface area contributed by atoms with Gasteiger partial charge in [0.05, 0.1) is 0 Å². The van der Waals surface area contributed by atoms with E-state index >= 15 is 0 Å². The Morgan fingerprint density at radius 2 is 1.47 bits per heavy atom. The van der Waals surface area contributed by atoms with Gasteiger partial charge in [-0.25, -0.2) is 15.0 Å². The molecule has 0 aliphatic heterocycles. The highest BCUT2D eigenvalue weighted by Gasteiger charge is 2.16. The molecule has 0 radical (unpaired) electrons. The Morgan fingerprint density at radius 1 is 0.776 bits per heavy atom. The minimum atomic E-state index is 0.531. The first-order valence-electron chi connectivity index (χ1n) is 16.6. The lowest BCUT2D eigenvalue weighted by molar-refractivity contribution is 0.499. The fourth-order valence-corrected chi connectivity index (χ4v) is 5.89. The van der Waals surface area contributed by atoms with Gasteiger partial charge in [0, 0.05) is 32.3 Å². The zero-order chi connectivity index (χ0) is 34.7. The van der Waals surface area contributed by atoms with Crippen LogP contribution in [-0.2, 0) is 0 Å². The number of furan rings is 2. The number of allylic oxidation sites excluding steroid dienone is 8. The van der Waals surface area contributed by atoms with Crippen LogP contribution in [0.2, 0.25) is 0 Å². The normalized spacial score (nSPS) is 13.3. The Bertz CT molecular complexity index is 2570. The third kappa shape index (κ3) is 6.66. The summed E-state index contributed by atoms with van der Waals surface area (Å²) >= 11 is 0. The minimum absolute atomic E-state index is 0.531. The molecule has 6 rings (SSSR count). The molecule has 6 aromatic rings. The second-order valence-corrected chi connectivity index (χ2v) is 12.2. The molecule has 0 saturated carbocycles. The number of aryl methyl sites for hydroxylation is 1. The van der Waals surface area contributed by atoms with Gasteiger partial charge in [-0.05, 0) is 93.7 Å². The average Bonchev–Trinajstić information content (AvgIpc) is 3.61. The first kappa shape index (κ1) is 33.1. The van der Waals surface area contributed by atoms with Crippen LogP contribution in [0.1, 0.15) is 63.8 Å². The summed E-state index contributed by atoms with van der Waals surface area (Å²) in [5, 5.41) is 3.59. The van der Waals surface area contributed by atoms with Crippen molar-refractivity contribution in [2.75, 3.05) is 0 Å². The van der Waals surface area contributed by atoms with Crippen LogP contribution in [0, 0.1) is 6.92 Å². The quantitative estimate of drug-likeness (QED) is 0.155. The number of nitrogens with zero attached hydrogens (tertiary/aromatic N) is 3. The third-order valence-electron chi connectivity index (χ3n) is 8.71. The Morgan fingerprint density at radius 3 is 2.18 bits per heavy atom. The van der Waals surface area contributed by atoms with Crippen molar-refractivity contribution in [2.45, 2.75) is 48.0 Å². The van der Waals surface area contributed by atoms with Gasteiger partial charge in [-0.1, -0.05) is 98.5 Å². The van der Waals surface area contributed by atoms with E-state index in [1.165, 1.54) is 11.1 Å². The molecule has 0 bridgehead atoms. The van der Waals surface area contributed by atoms with Crippen LogP contribution < -0.4 is 21.3 Å². The summed E-state index contributed by atoms with van der Waals surface area (Å²) in [7, 11) is 0. The maximum Gasteiger partial charge on any atom is 0.164 e. The molecule has 0 spiro atoms. The van der Waals surface area contributed by atoms with Gasteiger partial charge in [-0.2, -0.15) is 0 Å². The van der Waals surface area contributed by atoms with Crippen LogP contribution >= 0.6 is 0 Å². The standard InChI is InChI=1S/C44H41N3O2/c1-9-12-18-31(10-2)42-45-43(47-44(46-42)33-22-23-36-35-20-15-16-21-38(35)48-41(36)25-33)32(11-3)24-39-29(7)30(8)40(49-39)26-37(27(4)5)34-19-14-13-17-28(34)6/h9,11-26H,7-8,10H2,1-6H3/b12-9-,31-18+,32-11+,39-24+,40-26+. The number of para-hydroxylation sites is 1. The lowest BCUT2D eigenvalue weighted by Gasteiger charge is -2.10. The van der Waals surface area contributed by atoms with Crippen molar-refractivity contribution < 1.29 is 8.83 Å². The summed E-state index contributed by atoms with van der Waals surface area (Å²) in [5.41, 5.74) is 10.2. The van der Waals surface area contributed by atoms with E-state index in [1.807, 2.05) is 68.5 Å². The molecule has 3 heterocycles. The van der Waals surface area contributed by atoms with Crippen molar-refractivity contribution in [1.29, 1.82) is 0 Å². The SMILES string of the molecule is C=c1c(=C)/c(=C\C(=C/C)c2nc(/C(=C/C=C\C)CC)nc(-c3ccc4c(c3)oc3ccccc34)n2)o/c1=C/C(=C(C)C)c1ccccc1C. The van der Waals surface area contributed by atoms with Crippen LogP contribution in [0.4, 0.5) is 0 Å². The van der Waals surface area contributed by atoms with Gasteiger partial charge in [0.15, 0.2) is 17.5 Å². The van der Waals surface area contributed by atoms with E-state index in [0.717, 1.165) is 66.6 Å². The van der Waals surface area contributed by atoms with Crippen molar-refractivity contribution in [3.8, 4) is 11.4 Å². The highest BCUT2D eigenvalue weighted by molar-refractivity contribution is 6.05. The number of rotatable bonds is 8. The van der Waals surface area contributed by atoms with Crippen LogP contribution in [0.3, 0.4) is 0 Å². The van der Waals surface area contributed by atoms with Gasteiger partial charge >= 0.3 is 0 Å². The Balaban J connectivity index is 1.51. The predicted molar refractivity (Wildman–Crippen MR) is 206 cm³/mol. The molecular formula is C44H41N3O2. The van der Waals surface area contributed by atoms with E-state index < -0.39 is 0 Å². The molecule has 3 aromatic carbocycles. The van der Waals surface area contributed by atoms with Gasteiger partial charge in [0.1, 0.15) is 22.0 Å². The zero-order valence-electron chi connectivity index (χ0n) is 29.1. The van der Waals surface area contributed by atoms with Crippen molar-refractivity contribution in [3.05, 3.63) is 141 Å². The lowest BCUT2D eigenvalue weighted by atomic mass is 9.97. The van der Waals surface area contributed by atoms with Crippen LogP contribution in [0.25, 0.3) is 75.4 Å². The largest absolute Gasteiger partial charge is 0.456 e. The number of fused-ring (bicyclic) bond motifs is 3. The minimum Gasteiger partial charge on any atom is -0.456 e. The van der Waals surface area contributed by atoms with E-state index in [2.05, 4.69) is 89.4 Å². The van der Waals surface area contributed by atoms with E-state index in [0.29, 0.717) is 28.3 Å². The van der Waals surface area contributed by atoms with Gasteiger partial charge in [0.25, 0.3) is 0 Å². The number of benzene rings is 3. The number of hydrogen-bond donors (Lipinski definition) is 0. The van der Waals surface area contributed by atoms with Crippen molar-refractivity contribution in [3.63, 3.8) is 0 Å². The first-order valence-corrected chi connectivity index (χ1v) is 16.6. The monoisotopic (exact) mass is 643 g/mol. The molecule has 0 aliphatic rings. The molecule has 0 N–H and O–H groups in total. The van der Waals surface area contributed by atoms with Gasteiger partial charge in [-0.15, -0.1) is 0 Å². The lowest BCUT2D eigenvalue weighted by Crippen LogP contribution is -2.35. The molecule has 0 atom stereocenters. The van der Waals surface area contributed by atoms with Gasteiger partial charge in [-0.3, -0.25) is 0 Å². The molecule has 0 fully saturated rings. The molecular weight excluding hydrogens is 603 g/mol. The van der Waals surface area contributed by atoms with Crippen molar-refractivity contribution >= 4 is 64.0 Å². The Hall–Kier alpha value is -5.81. The smallest absolute Gasteiger partial charge is 0.164 e. The third-order valence-corrected chi connectivity index (χ3v) is 8.71. The van der Waals surface area contributed by atoms with Crippen LogP contribution in [0.5, 0.6) is 0 Å². The molecule has 5 nitrogen and oxygen atoms in total. The van der Waals surface area contributed by atoms with Gasteiger partial charge < -0.3 is 8.83 Å². The van der Waals surface area contributed by atoms with Crippen LogP contribution in [-0.4, -0.2) is 15.0 Å². The molecule has 0 saturated heterocycles. The summed E-state index contributed by atoms with van der Waals surface area (Å²) in [5.74, 6) is 1.71. The molecule has 5 heteroatoms. The van der Waals surface area contributed by atoms with E-state index in [4.69, 9.17) is 23.8 Å². The number of aromatic nitrogens is 3. The molecule has 0 unspecified atom stereocenters. The summed E-state index contributed by atoms with van der Waals surface area (Å²) < 4.78 is 12.7. The second kappa shape index (κ2) is 14.1. The topological polar surface area (TPSA) is 65.0 Å². The van der Waals surface area contributed by atoms with Gasteiger partial charge in [0.2, 0.25) is 0 Å². The molecule has 3 aromatic heterocycles. The maximum absolute atomic E-state index is 6.47. The van der Waals surface area contributed by atoms with E-state index in [9.17, 15) is 0 Å².